The van der Waals surface area contributed by atoms with Crippen molar-refractivity contribution in [3.05, 3.63) is 70.8 Å². The van der Waals surface area contributed by atoms with Crippen molar-refractivity contribution in [2.45, 2.75) is 39.8 Å². The molecule has 1 aliphatic rings. The molecule has 1 saturated heterocycles. The van der Waals surface area contributed by atoms with E-state index < -0.39 is 0 Å². The first-order chi connectivity index (χ1) is 12.1. The lowest BCUT2D eigenvalue weighted by Crippen LogP contribution is -2.40. The lowest BCUT2D eigenvalue weighted by Gasteiger charge is -2.31. The summed E-state index contributed by atoms with van der Waals surface area (Å²) in [5.74, 6) is 0.357. The van der Waals surface area contributed by atoms with Gasteiger partial charge in [0.2, 0.25) is 5.91 Å². The Morgan fingerprint density at radius 1 is 0.960 bits per heavy atom. The minimum absolute atomic E-state index is 0.150. The van der Waals surface area contributed by atoms with E-state index in [4.69, 9.17) is 0 Å². The van der Waals surface area contributed by atoms with Crippen LogP contribution in [0, 0.1) is 19.8 Å². The Morgan fingerprint density at radius 2 is 1.52 bits per heavy atom. The summed E-state index contributed by atoms with van der Waals surface area (Å²) in [6.07, 6.45) is 1.90. The number of piperidine rings is 1. The predicted molar refractivity (Wildman–Crippen MR) is 102 cm³/mol. The van der Waals surface area contributed by atoms with Gasteiger partial charge in [-0.2, -0.15) is 0 Å². The third-order valence-electron chi connectivity index (χ3n) is 5.33. The molecule has 0 aromatic heterocycles. The van der Waals surface area contributed by atoms with Crippen molar-refractivity contribution in [2.24, 2.45) is 5.92 Å². The average molecular weight is 336 g/mol. The van der Waals surface area contributed by atoms with Crippen LogP contribution in [0.25, 0.3) is 0 Å². The topological polar surface area (TPSA) is 32.3 Å². The van der Waals surface area contributed by atoms with E-state index in [1.54, 1.807) is 0 Å². The van der Waals surface area contributed by atoms with Crippen molar-refractivity contribution >= 4 is 5.91 Å². The Morgan fingerprint density at radius 3 is 2.12 bits per heavy atom. The summed E-state index contributed by atoms with van der Waals surface area (Å²) in [6.45, 7) is 7.87. The molecule has 0 aliphatic carbocycles. The molecule has 0 unspecified atom stereocenters. The largest absolute Gasteiger partial charge is 0.352 e. The van der Waals surface area contributed by atoms with E-state index in [9.17, 15) is 4.79 Å². The fraction of sp³-hybridized carbons (Fsp3) is 0.409. The molecular weight excluding hydrogens is 308 g/mol. The predicted octanol–water partition coefficient (Wildman–Crippen LogP) is 3.83. The van der Waals surface area contributed by atoms with Crippen LogP contribution in [0.1, 0.15) is 35.1 Å². The molecule has 25 heavy (non-hydrogen) atoms. The smallest absolute Gasteiger partial charge is 0.223 e. The molecule has 1 aliphatic heterocycles. The van der Waals surface area contributed by atoms with Crippen LogP contribution in [-0.4, -0.2) is 23.9 Å². The first-order valence-corrected chi connectivity index (χ1v) is 9.22. The maximum absolute atomic E-state index is 12.5. The van der Waals surface area contributed by atoms with Crippen LogP contribution in [0.15, 0.2) is 48.5 Å². The highest BCUT2D eigenvalue weighted by Gasteiger charge is 2.25. The molecular formula is C22H28N2O. The average Bonchev–Trinajstić information content (AvgIpc) is 2.63. The van der Waals surface area contributed by atoms with Gasteiger partial charge in [0.15, 0.2) is 0 Å². The molecule has 0 radical (unpaired) electrons. The van der Waals surface area contributed by atoms with Crippen LogP contribution in [0.3, 0.4) is 0 Å². The highest BCUT2D eigenvalue weighted by molar-refractivity contribution is 5.78. The number of carbonyl (C=O) groups is 1. The van der Waals surface area contributed by atoms with Gasteiger partial charge in [0, 0.05) is 19.0 Å². The number of rotatable bonds is 5. The zero-order chi connectivity index (χ0) is 17.6. The number of amides is 1. The second kappa shape index (κ2) is 8.30. The molecule has 3 nitrogen and oxygen atoms in total. The number of carbonyl (C=O) groups excluding carboxylic acids is 1. The Hall–Kier alpha value is -2.13. The SMILES string of the molecule is Cc1ccccc1CNC(=O)C1CCN(Cc2ccccc2C)CC1. The summed E-state index contributed by atoms with van der Waals surface area (Å²) in [5, 5.41) is 3.13. The summed E-state index contributed by atoms with van der Waals surface area (Å²) in [7, 11) is 0. The van der Waals surface area contributed by atoms with Gasteiger partial charge in [-0.1, -0.05) is 48.5 Å². The Bertz CT molecular complexity index is 717. The standard InChI is InChI=1S/C22H28N2O/c1-17-7-3-5-9-20(17)15-23-22(25)19-11-13-24(14-12-19)16-21-10-6-4-8-18(21)2/h3-10,19H,11-16H2,1-2H3,(H,23,25). The number of likely N-dealkylation sites (tertiary alicyclic amines) is 1. The minimum Gasteiger partial charge on any atom is -0.352 e. The van der Waals surface area contributed by atoms with E-state index in [1.165, 1.54) is 22.3 Å². The molecule has 0 saturated carbocycles. The highest BCUT2D eigenvalue weighted by Crippen LogP contribution is 2.20. The van der Waals surface area contributed by atoms with Gasteiger partial charge in [0.05, 0.1) is 0 Å². The molecule has 132 valence electrons. The van der Waals surface area contributed by atoms with Crippen LogP contribution >= 0.6 is 0 Å². The molecule has 0 bridgehead atoms. The van der Waals surface area contributed by atoms with Gasteiger partial charge < -0.3 is 5.32 Å². The molecule has 1 N–H and O–H groups in total. The Balaban J connectivity index is 1.46. The second-order valence-corrected chi connectivity index (χ2v) is 7.12. The van der Waals surface area contributed by atoms with Crippen LogP contribution in [0.4, 0.5) is 0 Å². The van der Waals surface area contributed by atoms with Gasteiger partial charge in [0.25, 0.3) is 0 Å². The monoisotopic (exact) mass is 336 g/mol. The Kier molecular flexibility index (Phi) is 5.87. The second-order valence-electron chi connectivity index (χ2n) is 7.12. The summed E-state index contributed by atoms with van der Waals surface area (Å²) < 4.78 is 0. The fourth-order valence-electron chi connectivity index (χ4n) is 3.52. The molecule has 1 fully saturated rings. The molecule has 0 atom stereocenters. The zero-order valence-corrected chi connectivity index (χ0v) is 15.3. The maximum atomic E-state index is 12.5. The fourth-order valence-corrected chi connectivity index (χ4v) is 3.52. The lowest BCUT2D eigenvalue weighted by molar-refractivity contribution is -0.126. The molecule has 0 spiro atoms. The summed E-state index contributed by atoms with van der Waals surface area (Å²) in [6, 6.07) is 16.8. The van der Waals surface area contributed by atoms with Crippen LogP contribution < -0.4 is 5.32 Å². The molecule has 3 rings (SSSR count). The third-order valence-corrected chi connectivity index (χ3v) is 5.33. The summed E-state index contributed by atoms with van der Waals surface area (Å²) in [5.41, 5.74) is 5.18. The van der Waals surface area contributed by atoms with Gasteiger partial charge in [-0.25, -0.2) is 0 Å². The van der Waals surface area contributed by atoms with E-state index in [2.05, 4.69) is 60.5 Å². The van der Waals surface area contributed by atoms with Crippen molar-refractivity contribution in [1.29, 1.82) is 0 Å². The minimum atomic E-state index is 0.150. The van der Waals surface area contributed by atoms with Crippen LogP contribution in [0.2, 0.25) is 0 Å². The van der Waals surface area contributed by atoms with Crippen LogP contribution in [-0.2, 0) is 17.9 Å². The lowest BCUT2D eigenvalue weighted by atomic mass is 9.95. The van der Waals surface area contributed by atoms with Crippen LogP contribution in [0.5, 0.6) is 0 Å². The first kappa shape index (κ1) is 17.7. The van der Waals surface area contributed by atoms with E-state index in [1.807, 2.05) is 12.1 Å². The third kappa shape index (κ3) is 4.70. The first-order valence-electron chi connectivity index (χ1n) is 9.22. The van der Waals surface area contributed by atoms with Crippen molar-refractivity contribution in [1.82, 2.24) is 10.2 Å². The van der Waals surface area contributed by atoms with Crippen molar-refractivity contribution in [2.75, 3.05) is 13.1 Å². The number of aryl methyl sites for hydroxylation is 2. The van der Waals surface area contributed by atoms with Gasteiger partial charge in [0.1, 0.15) is 0 Å². The van der Waals surface area contributed by atoms with Gasteiger partial charge in [-0.15, -0.1) is 0 Å². The molecule has 2 aromatic rings. The number of nitrogens with zero attached hydrogens (tertiary/aromatic N) is 1. The number of nitrogens with one attached hydrogen (secondary N) is 1. The van der Waals surface area contributed by atoms with Crippen molar-refractivity contribution in [3.8, 4) is 0 Å². The van der Waals surface area contributed by atoms with Gasteiger partial charge in [-0.05, 0) is 62.0 Å². The number of hydrogen-bond donors (Lipinski definition) is 1. The normalized spacial score (nSPS) is 15.9. The van der Waals surface area contributed by atoms with Crippen molar-refractivity contribution in [3.63, 3.8) is 0 Å². The molecule has 3 heteroatoms. The van der Waals surface area contributed by atoms with Crippen molar-refractivity contribution < 1.29 is 4.79 Å². The Labute approximate surface area is 151 Å². The molecule has 1 amide bonds. The molecule has 2 aromatic carbocycles. The van der Waals surface area contributed by atoms with E-state index in [0.29, 0.717) is 6.54 Å². The highest BCUT2D eigenvalue weighted by atomic mass is 16.1. The zero-order valence-electron chi connectivity index (χ0n) is 15.3. The van der Waals surface area contributed by atoms with Gasteiger partial charge in [-0.3, -0.25) is 9.69 Å². The maximum Gasteiger partial charge on any atom is 0.223 e. The number of hydrogen-bond acceptors (Lipinski definition) is 2. The van der Waals surface area contributed by atoms with E-state index in [-0.39, 0.29) is 11.8 Å². The quantitative estimate of drug-likeness (QED) is 0.900. The molecule has 1 heterocycles. The van der Waals surface area contributed by atoms with E-state index in [0.717, 1.165) is 32.5 Å². The van der Waals surface area contributed by atoms with Gasteiger partial charge >= 0.3 is 0 Å². The number of benzene rings is 2. The summed E-state index contributed by atoms with van der Waals surface area (Å²) >= 11 is 0. The van der Waals surface area contributed by atoms with E-state index >= 15 is 0 Å². The summed E-state index contributed by atoms with van der Waals surface area (Å²) in [4.78, 5) is 14.9.